The van der Waals surface area contributed by atoms with Crippen LogP contribution in [0.2, 0.25) is 0 Å². The molecule has 0 radical (unpaired) electrons. The number of hydrogen-bond acceptors (Lipinski definition) is 2. The third-order valence-corrected chi connectivity index (χ3v) is 13.6. The van der Waals surface area contributed by atoms with Gasteiger partial charge in [0, 0.05) is 33.2 Å². The summed E-state index contributed by atoms with van der Waals surface area (Å²) in [5, 5.41) is 9.54. The van der Waals surface area contributed by atoms with Gasteiger partial charge in [-0.15, -0.1) is 0 Å². The van der Waals surface area contributed by atoms with Crippen LogP contribution in [-0.4, -0.2) is 0 Å². The minimum absolute atomic E-state index is 0.885. The lowest BCUT2D eigenvalue weighted by Gasteiger charge is -2.27. The van der Waals surface area contributed by atoms with Crippen molar-refractivity contribution in [2.24, 2.45) is 0 Å². The topological polar surface area (TPSA) is 16.4 Å². The molecule has 0 atom stereocenters. The van der Waals surface area contributed by atoms with Gasteiger partial charge in [-0.3, -0.25) is 0 Å². The van der Waals surface area contributed by atoms with Gasteiger partial charge < -0.3 is 9.32 Å². The van der Waals surface area contributed by atoms with Crippen LogP contribution < -0.4 is 4.90 Å². The average molecular weight is 866 g/mol. The van der Waals surface area contributed by atoms with Gasteiger partial charge in [-0.2, -0.15) is 0 Å². The molecule has 13 aromatic rings. The monoisotopic (exact) mass is 865 g/mol. The number of benzene rings is 12. The standard InChI is InChI=1S/C66H43NO/c1-4-17-44(18-5-1)49-24-14-26-53(41-49)67(54-27-15-25-51(42-54)55-31-16-32-62-65(55)60-40-35-46-19-10-11-28-56(46)66(60)68-62)52-37-33-45(34-38-52)50-36-39-58-57-29-12-13-30-59(57)63(47-20-6-2-7-21-47)64(61(58)43-50)48-22-8-3-9-23-48/h1-43H. The average Bonchev–Trinajstić information content (AvgIpc) is 3.81. The second-order valence-corrected chi connectivity index (χ2v) is 17.6. The van der Waals surface area contributed by atoms with Crippen LogP contribution in [0.25, 0.3) is 110 Å². The van der Waals surface area contributed by atoms with Crippen LogP contribution >= 0.6 is 0 Å². The maximum Gasteiger partial charge on any atom is 0.143 e. The highest BCUT2D eigenvalue weighted by molar-refractivity contribution is 6.22. The predicted octanol–water partition coefficient (Wildman–Crippen LogP) is 18.9. The van der Waals surface area contributed by atoms with Crippen LogP contribution in [0.3, 0.4) is 0 Å². The highest BCUT2D eigenvalue weighted by atomic mass is 16.3. The number of rotatable bonds is 8. The molecule has 0 saturated carbocycles. The molecule has 2 nitrogen and oxygen atoms in total. The zero-order valence-corrected chi connectivity index (χ0v) is 37.2. The molecule has 0 aliphatic heterocycles. The van der Waals surface area contributed by atoms with Crippen LogP contribution in [0.5, 0.6) is 0 Å². The molecule has 12 aromatic carbocycles. The van der Waals surface area contributed by atoms with Gasteiger partial charge in [0.25, 0.3) is 0 Å². The zero-order chi connectivity index (χ0) is 45.0. The summed E-state index contributed by atoms with van der Waals surface area (Å²) in [7, 11) is 0. The van der Waals surface area contributed by atoms with Gasteiger partial charge in [0.05, 0.1) is 0 Å². The van der Waals surface area contributed by atoms with Crippen LogP contribution in [0.15, 0.2) is 265 Å². The number of anilines is 3. The zero-order valence-electron chi connectivity index (χ0n) is 37.2. The molecule has 0 bridgehead atoms. The fourth-order valence-electron chi connectivity index (χ4n) is 10.5. The first-order valence-corrected chi connectivity index (χ1v) is 23.3. The highest BCUT2D eigenvalue weighted by Crippen LogP contribution is 2.47. The first-order chi connectivity index (χ1) is 33.7. The van der Waals surface area contributed by atoms with Crippen molar-refractivity contribution in [3.63, 3.8) is 0 Å². The summed E-state index contributed by atoms with van der Waals surface area (Å²) < 4.78 is 6.63. The van der Waals surface area contributed by atoms with Crippen molar-refractivity contribution in [1.82, 2.24) is 0 Å². The number of furan rings is 1. The molecular formula is C66H43NO. The van der Waals surface area contributed by atoms with Crippen molar-refractivity contribution in [2.45, 2.75) is 0 Å². The Morgan fingerprint density at radius 1 is 0.265 bits per heavy atom. The molecule has 0 aliphatic rings. The van der Waals surface area contributed by atoms with Gasteiger partial charge in [-0.05, 0) is 137 Å². The normalized spacial score (nSPS) is 11.5. The third-order valence-electron chi connectivity index (χ3n) is 13.6. The van der Waals surface area contributed by atoms with Crippen LogP contribution in [0.1, 0.15) is 0 Å². The van der Waals surface area contributed by atoms with Crippen LogP contribution in [0.4, 0.5) is 17.1 Å². The number of fused-ring (bicyclic) bond motifs is 8. The highest BCUT2D eigenvalue weighted by Gasteiger charge is 2.21. The Kier molecular flexibility index (Phi) is 9.54. The molecule has 0 aliphatic carbocycles. The van der Waals surface area contributed by atoms with E-state index < -0.39 is 0 Å². The summed E-state index contributed by atoms with van der Waals surface area (Å²) >= 11 is 0. The van der Waals surface area contributed by atoms with E-state index in [-0.39, 0.29) is 0 Å². The lowest BCUT2D eigenvalue weighted by atomic mass is 9.84. The van der Waals surface area contributed by atoms with E-state index in [0.29, 0.717) is 0 Å². The van der Waals surface area contributed by atoms with Gasteiger partial charge in [0.2, 0.25) is 0 Å². The Morgan fingerprint density at radius 2 is 0.765 bits per heavy atom. The molecule has 13 rings (SSSR count). The van der Waals surface area contributed by atoms with Gasteiger partial charge in [0.1, 0.15) is 11.2 Å². The van der Waals surface area contributed by atoms with E-state index in [2.05, 4.69) is 266 Å². The first kappa shape index (κ1) is 39.4. The summed E-state index contributed by atoms with van der Waals surface area (Å²) in [5.41, 5.74) is 16.9. The molecule has 1 aromatic heterocycles. The Hall–Kier alpha value is -8.98. The summed E-state index contributed by atoms with van der Waals surface area (Å²) in [6.45, 7) is 0. The van der Waals surface area contributed by atoms with E-state index in [1.165, 1.54) is 60.3 Å². The SMILES string of the molecule is c1ccc(-c2cccc(N(c3ccc(-c4ccc5c(c4)c(-c4ccccc4)c(-c4ccccc4)c4ccccc45)cc3)c3cccc(-c4cccc5oc6c7ccccc7ccc6c45)c3)c2)cc1. The summed E-state index contributed by atoms with van der Waals surface area (Å²) in [6, 6.07) is 94.4. The quantitative estimate of drug-likeness (QED) is 0.142. The van der Waals surface area contributed by atoms with Crippen molar-refractivity contribution in [2.75, 3.05) is 4.90 Å². The van der Waals surface area contributed by atoms with Crippen molar-refractivity contribution in [1.29, 1.82) is 0 Å². The largest absolute Gasteiger partial charge is 0.455 e. The molecule has 2 heteroatoms. The van der Waals surface area contributed by atoms with Gasteiger partial charge in [0.15, 0.2) is 0 Å². The molecule has 0 spiro atoms. The Labute approximate surface area is 395 Å². The molecule has 0 amide bonds. The summed E-state index contributed by atoms with van der Waals surface area (Å²) in [6.07, 6.45) is 0. The third kappa shape index (κ3) is 6.73. The summed E-state index contributed by atoms with van der Waals surface area (Å²) in [4.78, 5) is 2.38. The van der Waals surface area contributed by atoms with Gasteiger partial charge in [-0.1, -0.05) is 206 Å². The maximum atomic E-state index is 6.63. The minimum Gasteiger partial charge on any atom is -0.455 e. The Balaban J connectivity index is 0.961. The van der Waals surface area contributed by atoms with Crippen LogP contribution in [-0.2, 0) is 0 Å². The second-order valence-electron chi connectivity index (χ2n) is 17.6. The van der Waals surface area contributed by atoms with E-state index in [9.17, 15) is 0 Å². The molecule has 68 heavy (non-hydrogen) atoms. The second kappa shape index (κ2) is 16.5. The summed E-state index contributed by atoms with van der Waals surface area (Å²) in [5.74, 6) is 0. The Morgan fingerprint density at radius 3 is 1.49 bits per heavy atom. The molecule has 0 fully saturated rings. The van der Waals surface area contributed by atoms with Crippen molar-refractivity contribution in [3.8, 4) is 55.6 Å². The molecule has 1 heterocycles. The van der Waals surface area contributed by atoms with Crippen LogP contribution in [0, 0.1) is 0 Å². The van der Waals surface area contributed by atoms with Crippen molar-refractivity contribution >= 4 is 71.3 Å². The van der Waals surface area contributed by atoms with E-state index >= 15 is 0 Å². The minimum atomic E-state index is 0.885. The first-order valence-electron chi connectivity index (χ1n) is 23.3. The molecule has 318 valence electrons. The van der Waals surface area contributed by atoms with Gasteiger partial charge in [-0.25, -0.2) is 0 Å². The van der Waals surface area contributed by atoms with E-state index in [1.54, 1.807) is 0 Å². The molecule has 0 unspecified atom stereocenters. The lowest BCUT2D eigenvalue weighted by Crippen LogP contribution is -2.10. The van der Waals surface area contributed by atoms with Crippen molar-refractivity contribution < 1.29 is 4.42 Å². The Bertz CT molecular complexity index is 4000. The lowest BCUT2D eigenvalue weighted by molar-refractivity contribution is 0.673. The smallest absolute Gasteiger partial charge is 0.143 e. The predicted molar refractivity (Wildman–Crippen MR) is 288 cm³/mol. The fourth-order valence-corrected chi connectivity index (χ4v) is 10.5. The van der Waals surface area contributed by atoms with E-state index in [1.807, 2.05) is 0 Å². The molecular weight excluding hydrogens is 823 g/mol. The van der Waals surface area contributed by atoms with Crippen molar-refractivity contribution in [3.05, 3.63) is 261 Å². The number of nitrogens with zero attached hydrogens (tertiary/aromatic N) is 1. The molecule has 0 saturated heterocycles. The molecule has 0 N–H and O–H groups in total. The van der Waals surface area contributed by atoms with E-state index in [4.69, 9.17) is 4.42 Å². The maximum absolute atomic E-state index is 6.63. The fraction of sp³-hybridized carbons (Fsp3) is 0. The van der Waals surface area contributed by atoms with Gasteiger partial charge >= 0.3 is 0 Å². The van der Waals surface area contributed by atoms with E-state index in [0.717, 1.165) is 66.6 Å². The number of hydrogen-bond donors (Lipinski definition) is 0.